The lowest BCUT2D eigenvalue weighted by Crippen LogP contribution is -2.07. The van der Waals surface area contributed by atoms with Crippen molar-refractivity contribution in [2.24, 2.45) is 0 Å². The summed E-state index contributed by atoms with van der Waals surface area (Å²) >= 11 is 0. The molecule has 0 aliphatic carbocycles. The first-order valence-electron chi connectivity index (χ1n) is 6.53. The topological polar surface area (TPSA) is 56.5 Å². The number of hydrogen-bond acceptors (Lipinski definition) is 4. The fourth-order valence-corrected chi connectivity index (χ4v) is 1.95. The third-order valence-electron chi connectivity index (χ3n) is 3.15. The van der Waals surface area contributed by atoms with E-state index < -0.39 is 0 Å². The van der Waals surface area contributed by atoms with Crippen molar-refractivity contribution in [3.63, 3.8) is 0 Å². The smallest absolute Gasteiger partial charge is 0.121 e. The van der Waals surface area contributed by atoms with E-state index in [1.807, 2.05) is 30.3 Å². The number of nitrogens with one attached hydrogen (secondary N) is 1. The molecule has 0 aliphatic heterocycles. The van der Waals surface area contributed by atoms with Crippen LogP contribution in [0.3, 0.4) is 0 Å². The Hall–Kier alpha value is -2.36. The molecule has 20 heavy (non-hydrogen) atoms. The first kappa shape index (κ1) is 14.1. The van der Waals surface area contributed by atoms with Gasteiger partial charge in [0, 0.05) is 12.6 Å². The Labute approximate surface area is 119 Å². The minimum atomic E-state index is 0.723. The van der Waals surface area contributed by atoms with Crippen LogP contribution in [0.4, 0.5) is 11.4 Å². The molecule has 0 spiro atoms. The van der Waals surface area contributed by atoms with Crippen LogP contribution in [0.5, 0.6) is 11.5 Å². The monoisotopic (exact) mass is 272 g/mol. The molecule has 0 radical (unpaired) electrons. The van der Waals surface area contributed by atoms with Gasteiger partial charge in [0.1, 0.15) is 11.5 Å². The van der Waals surface area contributed by atoms with Crippen molar-refractivity contribution in [3.8, 4) is 11.5 Å². The number of benzene rings is 2. The molecule has 4 heteroatoms. The zero-order valence-corrected chi connectivity index (χ0v) is 11.8. The number of anilines is 2. The molecule has 2 aromatic rings. The first-order valence-corrected chi connectivity index (χ1v) is 6.53. The quantitative estimate of drug-likeness (QED) is 0.794. The van der Waals surface area contributed by atoms with Crippen LogP contribution < -0.4 is 20.5 Å². The average molecular weight is 272 g/mol. The van der Waals surface area contributed by atoms with E-state index in [2.05, 4.69) is 17.4 Å². The van der Waals surface area contributed by atoms with E-state index in [0.29, 0.717) is 0 Å². The molecule has 0 saturated heterocycles. The number of hydrogen-bond donors (Lipinski definition) is 2. The second kappa shape index (κ2) is 6.70. The number of nitrogen functional groups attached to an aromatic ring is 1. The average Bonchev–Trinajstić information content (AvgIpc) is 2.50. The van der Waals surface area contributed by atoms with E-state index in [1.54, 1.807) is 14.2 Å². The van der Waals surface area contributed by atoms with Crippen LogP contribution in [0.2, 0.25) is 0 Å². The van der Waals surface area contributed by atoms with E-state index >= 15 is 0 Å². The Morgan fingerprint density at radius 3 is 2.25 bits per heavy atom. The van der Waals surface area contributed by atoms with E-state index in [1.165, 1.54) is 5.56 Å². The van der Waals surface area contributed by atoms with E-state index in [4.69, 9.17) is 15.2 Å². The first-order chi connectivity index (χ1) is 9.72. The van der Waals surface area contributed by atoms with E-state index in [-0.39, 0.29) is 0 Å². The standard InChI is InChI=1S/C16H20N2O2/c1-19-13-5-3-12(4-6-13)9-10-18-16-11-14(20-2)7-8-15(16)17/h3-8,11,18H,9-10,17H2,1-2H3. The van der Waals surface area contributed by atoms with Crippen molar-refractivity contribution in [3.05, 3.63) is 48.0 Å². The second-order valence-electron chi connectivity index (χ2n) is 4.48. The summed E-state index contributed by atoms with van der Waals surface area (Å²) in [6, 6.07) is 13.7. The minimum Gasteiger partial charge on any atom is -0.497 e. The SMILES string of the molecule is COc1ccc(CCNc2cc(OC)ccc2N)cc1. The van der Waals surface area contributed by atoms with Gasteiger partial charge in [0.25, 0.3) is 0 Å². The molecule has 0 amide bonds. The van der Waals surface area contributed by atoms with Crippen molar-refractivity contribution in [2.75, 3.05) is 31.8 Å². The Morgan fingerprint density at radius 2 is 1.60 bits per heavy atom. The summed E-state index contributed by atoms with van der Waals surface area (Å²) < 4.78 is 10.3. The summed E-state index contributed by atoms with van der Waals surface area (Å²) in [6.07, 6.45) is 0.917. The third kappa shape index (κ3) is 3.57. The maximum Gasteiger partial charge on any atom is 0.121 e. The summed E-state index contributed by atoms with van der Waals surface area (Å²) in [7, 11) is 3.31. The van der Waals surface area contributed by atoms with Gasteiger partial charge in [-0.1, -0.05) is 12.1 Å². The lowest BCUT2D eigenvalue weighted by Gasteiger charge is -2.11. The molecule has 0 aliphatic rings. The van der Waals surface area contributed by atoms with Gasteiger partial charge in [0.05, 0.1) is 25.6 Å². The van der Waals surface area contributed by atoms with Crippen molar-refractivity contribution in [1.29, 1.82) is 0 Å². The van der Waals surface area contributed by atoms with Crippen molar-refractivity contribution in [2.45, 2.75) is 6.42 Å². The van der Waals surface area contributed by atoms with Crippen LogP contribution in [0.1, 0.15) is 5.56 Å². The normalized spacial score (nSPS) is 10.1. The summed E-state index contributed by atoms with van der Waals surface area (Å²) in [5.41, 5.74) is 8.80. The highest BCUT2D eigenvalue weighted by Crippen LogP contribution is 2.24. The molecule has 2 aromatic carbocycles. The van der Waals surface area contributed by atoms with Gasteiger partial charge >= 0.3 is 0 Å². The minimum absolute atomic E-state index is 0.723. The molecule has 106 valence electrons. The summed E-state index contributed by atoms with van der Waals surface area (Å²) in [4.78, 5) is 0. The fraction of sp³-hybridized carbons (Fsp3) is 0.250. The van der Waals surface area contributed by atoms with Crippen LogP contribution >= 0.6 is 0 Å². The molecule has 0 bridgehead atoms. The highest BCUT2D eigenvalue weighted by Gasteiger charge is 2.01. The summed E-state index contributed by atoms with van der Waals surface area (Å²) in [6.45, 7) is 0.809. The van der Waals surface area contributed by atoms with Gasteiger partial charge in [-0.3, -0.25) is 0 Å². The maximum absolute atomic E-state index is 5.93. The lowest BCUT2D eigenvalue weighted by molar-refractivity contribution is 0.414. The molecular formula is C16H20N2O2. The number of ether oxygens (including phenoxy) is 2. The van der Waals surface area contributed by atoms with Crippen molar-refractivity contribution < 1.29 is 9.47 Å². The zero-order chi connectivity index (χ0) is 14.4. The number of rotatable bonds is 6. The predicted octanol–water partition coefficient (Wildman–Crippen LogP) is 2.94. The second-order valence-corrected chi connectivity index (χ2v) is 4.48. The van der Waals surface area contributed by atoms with Gasteiger partial charge in [-0.15, -0.1) is 0 Å². The molecule has 3 N–H and O–H groups in total. The Balaban J connectivity index is 1.91. The van der Waals surface area contributed by atoms with Gasteiger partial charge < -0.3 is 20.5 Å². The predicted molar refractivity (Wildman–Crippen MR) is 82.6 cm³/mol. The number of nitrogens with two attached hydrogens (primary N) is 1. The molecule has 0 saturated carbocycles. The number of methoxy groups -OCH3 is 2. The summed E-state index contributed by atoms with van der Waals surface area (Å²) in [5.74, 6) is 1.67. The lowest BCUT2D eigenvalue weighted by atomic mass is 10.1. The largest absolute Gasteiger partial charge is 0.497 e. The van der Waals surface area contributed by atoms with Crippen molar-refractivity contribution >= 4 is 11.4 Å². The van der Waals surface area contributed by atoms with Gasteiger partial charge in [0.2, 0.25) is 0 Å². The fourth-order valence-electron chi connectivity index (χ4n) is 1.95. The van der Waals surface area contributed by atoms with Gasteiger partial charge in [-0.2, -0.15) is 0 Å². The van der Waals surface area contributed by atoms with Crippen LogP contribution in [0.25, 0.3) is 0 Å². The van der Waals surface area contributed by atoms with Crippen molar-refractivity contribution in [1.82, 2.24) is 0 Å². The van der Waals surface area contributed by atoms with Crippen LogP contribution in [-0.4, -0.2) is 20.8 Å². The van der Waals surface area contributed by atoms with Gasteiger partial charge in [-0.25, -0.2) is 0 Å². The maximum atomic E-state index is 5.93. The molecule has 0 fully saturated rings. The molecule has 2 rings (SSSR count). The molecule has 0 unspecified atom stereocenters. The summed E-state index contributed by atoms with van der Waals surface area (Å²) in [5, 5.41) is 3.33. The van der Waals surface area contributed by atoms with E-state index in [0.717, 1.165) is 35.8 Å². The van der Waals surface area contributed by atoms with Crippen LogP contribution in [0, 0.1) is 0 Å². The highest BCUT2D eigenvalue weighted by molar-refractivity contribution is 5.68. The van der Waals surface area contributed by atoms with Gasteiger partial charge in [-0.05, 0) is 36.2 Å². The highest BCUT2D eigenvalue weighted by atomic mass is 16.5. The van der Waals surface area contributed by atoms with Gasteiger partial charge in [0.15, 0.2) is 0 Å². The van der Waals surface area contributed by atoms with E-state index in [9.17, 15) is 0 Å². The molecule has 4 nitrogen and oxygen atoms in total. The Morgan fingerprint density at radius 1 is 0.950 bits per heavy atom. The Kier molecular flexibility index (Phi) is 4.71. The molecule has 0 atom stereocenters. The molecule has 0 heterocycles. The molecular weight excluding hydrogens is 252 g/mol. The Bertz CT molecular complexity index is 553. The molecule has 0 aromatic heterocycles. The van der Waals surface area contributed by atoms with Crippen LogP contribution in [-0.2, 0) is 6.42 Å². The van der Waals surface area contributed by atoms with Crippen LogP contribution in [0.15, 0.2) is 42.5 Å². The zero-order valence-electron chi connectivity index (χ0n) is 11.8. The third-order valence-corrected chi connectivity index (χ3v) is 3.15.